The van der Waals surface area contributed by atoms with Crippen molar-refractivity contribution in [3.63, 3.8) is 0 Å². The number of tetrazole rings is 1. The fraction of sp³-hybridized carbons (Fsp3) is 0.385. The highest BCUT2D eigenvalue weighted by atomic mass is 35.5. The van der Waals surface area contributed by atoms with Gasteiger partial charge in [0.15, 0.2) is 5.82 Å². The van der Waals surface area contributed by atoms with E-state index in [1.54, 1.807) is 24.3 Å². The normalized spacial score (nSPS) is 10.7. The summed E-state index contributed by atoms with van der Waals surface area (Å²) in [6, 6.07) is 7.04. The molecule has 1 amide bonds. The number of carbonyl (C=O) groups excluding carboxylic acids is 1. The average molecular weight is 310 g/mol. The van der Waals surface area contributed by atoms with E-state index in [1.165, 1.54) is 4.68 Å². The van der Waals surface area contributed by atoms with Crippen LogP contribution in [0.5, 0.6) is 5.75 Å². The van der Waals surface area contributed by atoms with Crippen LogP contribution >= 0.6 is 11.6 Å². The molecule has 1 aromatic heterocycles. The number of nitrogens with one attached hydrogen (secondary N) is 1. The molecule has 0 spiro atoms. The number of hydrogen-bond donors (Lipinski definition) is 1. The minimum Gasteiger partial charge on any atom is -0.486 e. The van der Waals surface area contributed by atoms with Crippen LogP contribution < -0.4 is 10.1 Å². The van der Waals surface area contributed by atoms with Crippen molar-refractivity contribution in [1.82, 2.24) is 25.5 Å². The standard InChI is InChI=1S/C13H16ClN5O2/c1-9(2)15-13(20)7-19-12(16-17-18-19)8-21-11-5-3-10(14)4-6-11/h3-6,9H,7-8H2,1-2H3,(H,15,20). The third-order valence-corrected chi connectivity index (χ3v) is 2.78. The average Bonchev–Trinajstić information content (AvgIpc) is 2.84. The summed E-state index contributed by atoms with van der Waals surface area (Å²) in [6.45, 7) is 4.01. The van der Waals surface area contributed by atoms with Gasteiger partial charge in [0.05, 0.1) is 0 Å². The van der Waals surface area contributed by atoms with Gasteiger partial charge in [0.25, 0.3) is 0 Å². The monoisotopic (exact) mass is 309 g/mol. The molecule has 2 rings (SSSR count). The Kier molecular flexibility index (Phi) is 5.10. The first kappa shape index (κ1) is 15.2. The second-order valence-electron chi connectivity index (χ2n) is 4.72. The summed E-state index contributed by atoms with van der Waals surface area (Å²) in [7, 11) is 0. The summed E-state index contributed by atoms with van der Waals surface area (Å²) in [5, 5.41) is 14.6. The Bertz CT molecular complexity index is 597. The van der Waals surface area contributed by atoms with Gasteiger partial charge in [-0.05, 0) is 48.5 Å². The molecule has 0 radical (unpaired) electrons. The Morgan fingerprint density at radius 1 is 1.38 bits per heavy atom. The molecule has 112 valence electrons. The third kappa shape index (κ3) is 4.71. The number of nitrogens with zero attached hydrogens (tertiary/aromatic N) is 4. The molecule has 1 N–H and O–H groups in total. The number of benzene rings is 1. The van der Waals surface area contributed by atoms with Crippen LogP contribution in [0, 0.1) is 0 Å². The van der Waals surface area contributed by atoms with Crippen LogP contribution in [0.1, 0.15) is 19.7 Å². The minimum absolute atomic E-state index is 0.0600. The molecule has 0 aliphatic rings. The van der Waals surface area contributed by atoms with Gasteiger partial charge in [-0.25, -0.2) is 4.68 Å². The van der Waals surface area contributed by atoms with Crippen LogP contribution in [-0.4, -0.2) is 32.2 Å². The lowest BCUT2D eigenvalue weighted by atomic mass is 10.3. The first-order valence-electron chi connectivity index (χ1n) is 6.47. The van der Waals surface area contributed by atoms with Gasteiger partial charge in [-0.2, -0.15) is 0 Å². The van der Waals surface area contributed by atoms with Crippen molar-refractivity contribution in [2.24, 2.45) is 0 Å². The van der Waals surface area contributed by atoms with Crippen molar-refractivity contribution in [3.8, 4) is 5.75 Å². The molecular formula is C13H16ClN5O2. The molecule has 0 atom stereocenters. The maximum Gasteiger partial charge on any atom is 0.242 e. The molecule has 8 heteroatoms. The lowest BCUT2D eigenvalue weighted by Crippen LogP contribution is -2.33. The van der Waals surface area contributed by atoms with Crippen LogP contribution in [0.4, 0.5) is 0 Å². The number of aromatic nitrogens is 4. The Balaban J connectivity index is 1.94. The van der Waals surface area contributed by atoms with E-state index in [9.17, 15) is 4.79 Å². The fourth-order valence-electron chi connectivity index (χ4n) is 1.63. The lowest BCUT2D eigenvalue weighted by molar-refractivity contribution is -0.122. The highest BCUT2D eigenvalue weighted by Crippen LogP contribution is 2.16. The van der Waals surface area contributed by atoms with Gasteiger partial charge in [-0.1, -0.05) is 11.6 Å². The second-order valence-corrected chi connectivity index (χ2v) is 5.15. The largest absolute Gasteiger partial charge is 0.486 e. The van der Waals surface area contributed by atoms with Crippen molar-refractivity contribution in [3.05, 3.63) is 35.1 Å². The third-order valence-electron chi connectivity index (χ3n) is 2.53. The molecule has 1 aromatic carbocycles. The van der Waals surface area contributed by atoms with Gasteiger partial charge in [-0.3, -0.25) is 4.79 Å². The van der Waals surface area contributed by atoms with Crippen molar-refractivity contribution >= 4 is 17.5 Å². The molecule has 2 aromatic rings. The van der Waals surface area contributed by atoms with E-state index in [-0.39, 0.29) is 25.1 Å². The lowest BCUT2D eigenvalue weighted by Gasteiger charge is -2.09. The van der Waals surface area contributed by atoms with Gasteiger partial charge in [0.2, 0.25) is 5.91 Å². The minimum atomic E-state index is -0.148. The van der Waals surface area contributed by atoms with Crippen LogP contribution in [0.2, 0.25) is 5.02 Å². The number of ether oxygens (including phenoxy) is 1. The first-order chi connectivity index (χ1) is 10.0. The van der Waals surface area contributed by atoms with Crippen LogP contribution in [0.3, 0.4) is 0 Å². The molecule has 0 aliphatic carbocycles. The molecule has 0 fully saturated rings. The molecule has 21 heavy (non-hydrogen) atoms. The quantitative estimate of drug-likeness (QED) is 0.873. The zero-order valence-corrected chi connectivity index (χ0v) is 12.5. The highest BCUT2D eigenvalue weighted by Gasteiger charge is 2.11. The van der Waals surface area contributed by atoms with Gasteiger partial charge in [0, 0.05) is 11.1 Å². The van der Waals surface area contributed by atoms with Crippen molar-refractivity contribution in [1.29, 1.82) is 0 Å². The SMILES string of the molecule is CC(C)NC(=O)Cn1nnnc1COc1ccc(Cl)cc1. The molecular weight excluding hydrogens is 294 g/mol. The summed E-state index contributed by atoms with van der Waals surface area (Å²) in [5.41, 5.74) is 0. The van der Waals surface area contributed by atoms with E-state index in [1.807, 2.05) is 13.8 Å². The van der Waals surface area contributed by atoms with Crippen molar-refractivity contribution in [2.45, 2.75) is 33.0 Å². The molecule has 0 unspecified atom stereocenters. The van der Waals surface area contributed by atoms with Gasteiger partial charge in [0.1, 0.15) is 18.9 Å². The van der Waals surface area contributed by atoms with Crippen LogP contribution in [0.15, 0.2) is 24.3 Å². The van der Waals surface area contributed by atoms with Crippen LogP contribution in [0.25, 0.3) is 0 Å². The van der Waals surface area contributed by atoms with E-state index in [4.69, 9.17) is 16.3 Å². The number of amides is 1. The van der Waals surface area contributed by atoms with Gasteiger partial charge in [-0.15, -0.1) is 5.10 Å². The predicted octanol–water partition coefficient (Wildman–Crippen LogP) is 1.43. The summed E-state index contributed by atoms with van der Waals surface area (Å²) in [5.74, 6) is 0.981. The van der Waals surface area contributed by atoms with Gasteiger partial charge < -0.3 is 10.1 Å². The Labute approximate surface area is 127 Å². The molecule has 0 saturated heterocycles. The summed E-state index contributed by atoms with van der Waals surface area (Å²) in [6.07, 6.45) is 0. The van der Waals surface area contributed by atoms with Crippen LogP contribution in [-0.2, 0) is 17.9 Å². The fourth-order valence-corrected chi connectivity index (χ4v) is 1.76. The topological polar surface area (TPSA) is 81.9 Å². The summed E-state index contributed by atoms with van der Waals surface area (Å²) >= 11 is 5.80. The van der Waals surface area contributed by atoms with E-state index in [0.717, 1.165) is 0 Å². The number of rotatable bonds is 6. The van der Waals surface area contributed by atoms with E-state index in [0.29, 0.717) is 16.6 Å². The number of hydrogen-bond acceptors (Lipinski definition) is 5. The maximum atomic E-state index is 11.7. The van der Waals surface area contributed by atoms with E-state index in [2.05, 4.69) is 20.8 Å². The summed E-state index contributed by atoms with van der Waals surface area (Å²) in [4.78, 5) is 11.7. The molecule has 7 nitrogen and oxygen atoms in total. The smallest absolute Gasteiger partial charge is 0.242 e. The van der Waals surface area contributed by atoms with Gasteiger partial charge >= 0.3 is 0 Å². The molecule has 0 aliphatic heterocycles. The molecule has 0 bridgehead atoms. The Morgan fingerprint density at radius 2 is 2.10 bits per heavy atom. The highest BCUT2D eigenvalue weighted by molar-refractivity contribution is 6.30. The zero-order valence-electron chi connectivity index (χ0n) is 11.8. The van der Waals surface area contributed by atoms with Crippen molar-refractivity contribution < 1.29 is 9.53 Å². The second kappa shape index (κ2) is 7.03. The first-order valence-corrected chi connectivity index (χ1v) is 6.85. The molecule has 0 saturated carbocycles. The maximum absolute atomic E-state index is 11.7. The summed E-state index contributed by atoms with van der Waals surface area (Å²) < 4.78 is 6.97. The predicted molar refractivity (Wildman–Crippen MR) is 76.9 cm³/mol. The van der Waals surface area contributed by atoms with Crippen molar-refractivity contribution in [2.75, 3.05) is 0 Å². The Hall–Kier alpha value is -2.15. The zero-order chi connectivity index (χ0) is 15.2. The number of halogens is 1. The van der Waals surface area contributed by atoms with E-state index >= 15 is 0 Å². The Morgan fingerprint density at radius 3 is 2.76 bits per heavy atom. The number of carbonyl (C=O) groups is 1. The van der Waals surface area contributed by atoms with E-state index < -0.39 is 0 Å². The molecule has 1 heterocycles.